The van der Waals surface area contributed by atoms with Gasteiger partial charge in [-0.25, -0.2) is 19.3 Å². The molecule has 3 aromatic rings. The molecule has 3 aromatic heterocycles. The third-order valence-electron chi connectivity index (χ3n) is 4.40. The van der Waals surface area contributed by atoms with E-state index in [1.165, 1.54) is 4.57 Å². The summed E-state index contributed by atoms with van der Waals surface area (Å²) in [6.07, 6.45) is 3.26. The number of imidazole rings is 1. The summed E-state index contributed by atoms with van der Waals surface area (Å²) in [4.78, 5) is 37.7. The van der Waals surface area contributed by atoms with Crippen molar-refractivity contribution in [2.24, 2.45) is 5.73 Å². The quantitative estimate of drug-likeness (QED) is 0.668. The molecular weight excluding hydrogens is 336 g/mol. The predicted molar refractivity (Wildman–Crippen MR) is 96.0 cm³/mol. The number of ether oxygens (including phenoxy) is 1. The average Bonchev–Trinajstić information content (AvgIpc) is 2.96. The molecule has 3 N–H and O–H groups in total. The van der Waals surface area contributed by atoms with E-state index in [0.717, 1.165) is 12.8 Å². The Bertz CT molecular complexity index is 1050. The maximum Gasteiger partial charge on any atom is 0.333 e. The van der Waals surface area contributed by atoms with Gasteiger partial charge in [0.2, 0.25) is 0 Å². The molecule has 1 aliphatic rings. The van der Waals surface area contributed by atoms with E-state index in [9.17, 15) is 9.59 Å². The number of rotatable bonds is 1. The molecule has 4 rings (SSSR count). The second kappa shape index (κ2) is 6.17. The SMILES string of the molecule is CN1CCCCOc2ccnc3[nH]c(=O)n(c23)-c2ccc(C(N)=O)c1n2. The number of fused-ring (bicyclic) bond motifs is 3. The molecule has 134 valence electrons. The van der Waals surface area contributed by atoms with Crippen LogP contribution in [0.3, 0.4) is 0 Å². The Kier molecular flexibility index (Phi) is 3.83. The number of carbonyl (C=O) groups excluding carboxylic acids is 1. The zero-order chi connectivity index (χ0) is 18.3. The molecule has 0 spiro atoms. The van der Waals surface area contributed by atoms with E-state index in [4.69, 9.17) is 10.5 Å². The summed E-state index contributed by atoms with van der Waals surface area (Å²) in [5, 5.41) is 0. The van der Waals surface area contributed by atoms with Crippen LogP contribution in [0.1, 0.15) is 23.2 Å². The molecule has 1 aliphatic heterocycles. The molecule has 0 atom stereocenters. The molecule has 0 aliphatic carbocycles. The molecule has 0 radical (unpaired) electrons. The van der Waals surface area contributed by atoms with Crippen molar-refractivity contribution in [1.82, 2.24) is 19.5 Å². The van der Waals surface area contributed by atoms with E-state index in [1.54, 1.807) is 24.4 Å². The van der Waals surface area contributed by atoms with Gasteiger partial charge in [0.15, 0.2) is 5.65 Å². The third kappa shape index (κ3) is 2.57. The zero-order valence-electron chi connectivity index (χ0n) is 14.2. The standard InChI is InChI=1S/C17H18N6O3/c1-22-8-2-3-9-26-11-6-7-19-15-13(11)23(17(25)21-15)12-5-4-10(14(18)24)16(22)20-12/h4-7H,2-3,8-9H2,1H3,(H2,18,24)(H,19,21,25). The fourth-order valence-corrected chi connectivity index (χ4v) is 3.12. The molecule has 0 saturated heterocycles. The highest BCUT2D eigenvalue weighted by Gasteiger charge is 2.20. The maximum absolute atomic E-state index is 12.5. The van der Waals surface area contributed by atoms with Gasteiger partial charge < -0.3 is 15.4 Å². The van der Waals surface area contributed by atoms with Crippen molar-refractivity contribution in [1.29, 1.82) is 0 Å². The van der Waals surface area contributed by atoms with Crippen LogP contribution >= 0.6 is 0 Å². The van der Waals surface area contributed by atoms with Gasteiger partial charge in [-0.2, -0.15) is 0 Å². The van der Waals surface area contributed by atoms with Gasteiger partial charge in [0, 0.05) is 25.9 Å². The van der Waals surface area contributed by atoms with E-state index in [-0.39, 0.29) is 5.69 Å². The Labute approximate surface area is 148 Å². The summed E-state index contributed by atoms with van der Waals surface area (Å²) in [7, 11) is 1.84. The van der Waals surface area contributed by atoms with E-state index in [0.29, 0.717) is 47.3 Å². The Hall–Kier alpha value is -3.36. The molecule has 1 amide bonds. The first-order chi connectivity index (χ1) is 12.6. The van der Waals surface area contributed by atoms with Crippen molar-refractivity contribution < 1.29 is 9.53 Å². The minimum atomic E-state index is -0.560. The number of aromatic nitrogens is 4. The van der Waals surface area contributed by atoms with Crippen LogP contribution in [0.15, 0.2) is 29.2 Å². The molecule has 26 heavy (non-hydrogen) atoms. The van der Waals surface area contributed by atoms with Gasteiger partial charge >= 0.3 is 5.69 Å². The highest BCUT2D eigenvalue weighted by atomic mass is 16.5. The molecule has 4 heterocycles. The van der Waals surface area contributed by atoms with Crippen molar-refractivity contribution in [3.05, 3.63) is 40.4 Å². The van der Waals surface area contributed by atoms with Crippen molar-refractivity contribution in [2.75, 3.05) is 25.1 Å². The number of carbonyl (C=O) groups is 1. The first-order valence-corrected chi connectivity index (χ1v) is 8.31. The summed E-state index contributed by atoms with van der Waals surface area (Å²) in [5.74, 6) is 0.814. The normalized spacial score (nSPS) is 14.4. The average molecular weight is 354 g/mol. The second-order valence-corrected chi connectivity index (χ2v) is 6.15. The third-order valence-corrected chi connectivity index (χ3v) is 4.40. The lowest BCUT2D eigenvalue weighted by Gasteiger charge is -2.22. The lowest BCUT2D eigenvalue weighted by molar-refractivity contribution is 0.100. The number of nitrogens with zero attached hydrogens (tertiary/aromatic N) is 4. The maximum atomic E-state index is 12.5. The molecule has 9 heteroatoms. The van der Waals surface area contributed by atoms with Crippen LogP contribution in [0.4, 0.5) is 5.82 Å². The summed E-state index contributed by atoms with van der Waals surface area (Å²) in [6.45, 7) is 1.19. The van der Waals surface area contributed by atoms with E-state index >= 15 is 0 Å². The van der Waals surface area contributed by atoms with Gasteiger partial charge in [0.05, 0.1) is 12.2 Å². The minimum Gasteiger partial charge on any atom is -0.491 e. The number of primary amides is 1. The first kappa shape index (κ1) is 16.1. The number of aromatic amines is 1. The number of anilines is 1. The van der Waals surface area contributed by atoms with Crippen LogP contribution in [0.5, 0.6) is 5.75 Å². The van der Waals surface area contributed by atoms with Crippen molar-refractivity contribution in [3.8, 4) is 11.6 Å². The first-order valence-electron chi connectivity index (χ1n) is 8.31. The number of H-pyrrole nitrogens is 1. The van der Waals surface area contributed by atoms with Crippen LogP contribution < -0.4 is 21.1 Å². The van der Waals surface area contributed by atoms with Crippen LogP contribution in [0, 0.1) is 0 Å². The summed E-state index contributed by atoms with van der Waals surface area (Å²) in [6, 6.07) is 4.90. The number of nitrogens with one attached hydrogen (secondary N) is 1. The van der Waals surface area contributed by atoms with Gasteiger partial charge in [-0.3, -0.25) is 9.78 Å². The fraction of sp³-hybridized carbons (Fsp3) is 0.294. The monoisotopic (exact) mass is 354 g/mol. The van der Waals surface area contributed by atoms with E-state index in [2.05, 4.69) is 15.0 Å². The van der Waals surface area contributed by atoms with Crippen LogP contribution in [-0.2, 0) is 0 Å². The van der Waals surface area contributed by atoms with Gasteiger partial charge in [-0.05, 0) is 25.0 Å². The molecule has 0 aromatic carbocycles. The van der Waals surface area contributed by atoms with Crippen molar-refractivity contribution >= 4 is 22.9 Å². The van der Waals surface area contributed by atoms with Gasteiger partial charge in [0.1, 0.15) is 22.9 Å². The van der Waals surface area contributed by atoms with Crippen LogP contribution in [-0.4, -0.2) is 45.6 Å². The smallest absolute Gasteiger partial charge is 0.333 e. The highest BCUT2D eigenvalue weighted by Crippen LogP contribution is 2.26. The van der Waals surface area contributed by atoms with Crippen molar-refractivity contribution in [2.45, 2.75) is 12.8 Å². The van der Waals surface area contributed by atoms with E-state index in [1.807, 2.05) is 11.9 Å². The topological polar surface area (TPSA) is 119 Å². The van der Waals surface area contributed by atoms with E-state index < -0.39 is 5.91 Å². The van der Waals surface area contributed by atoms with Gasteiger partial charge in [-0.15, -0.1) is 0 Å². The van der Waals surface area contributed by atoms with Gasteiger partial charge in [0.25, 0.3) is 5.91 Å². The molecular formula is C17H18N6O3. The Morgan fingerprint density at radius 1 is 1.31 bits per heavy atom. The summed E-state index contributed by atoms with van der Waals surface area (Å²) < 4.78 is 7.28. The van der Waals surface area contributed by atoms with Crippen molar-refractivity contribution in [3.63, 3.8) is 0 Å². The lowest BCUT2D eigenvalue weighted by atomic mass is 10.2. The molecule has 0 unspecified atom stereocenters. The van der Waals surface area contributed by atoms with Crippen LogP contribution in [0.25, 0.3) is 17.0 Å². The largest absolute Gasteiger partial charge is 0.491 e. The zero-order valence-corrected chi connectivity index (χ0v) is 14.2. The summed E-state index contributed by atoms with van der Waals surface area (Å²) in [5.41, 5.74) is 6.37. The molecule has 0 saturated carbocycles. The van der Waals surface area contributed by atoms with Gasteiger partial charge in [-0.1, -0.05) is 0 Å². The number of nitrogens with two attached hydrogens (primary N) is 1. The number of hydrogen-bond acceptors (Lipinski definition) is 6. The Morgan fingerprint density at radius 2 is 2.15 bits per heavy atom. The Balaban J connectivity index is 2.03. The predicted octanol–water partition coefficient (Wildman–Crippen LogP) is 0.817. The lowest BCUT2D eigenvalue weighted by Crippen LogP contribution is -2.26. The van der Waals surface area contributed by atoms with Crippen LogP contribution in [0.2, 0.25) is 0 Å². The number of pyridine rings is 2. The fourth-order valence-electron chi connectivity index (χ4n) is 3.12. The molecule has 9 nitrogen and oxygen atoms in total. The minimum absolute atomic E-state index is 0.316. The second-order valence-electron chi connectivity index (χ2n) is 6.15. The summed E-state index contributed by atoms with van der Waals surface area (Å²) >= 11 is 0. The number of amides is 1. The highest BCUT2D eigenvalue weighted by molar-refractivity contribution is 5.98. The number of hydrogen-bond donors (Lipinski definition) is 2. The molecule has 2 bridgehead atoms. The Morgan fingerprint density at radius 3 is 2.96 bits per heavy atom. The molecule has 0 fully saturated rings.